The van der Waals surface area contributed by atoms with Gasteiger partial charge in [0.25, 0.3) is 10.0 Å². The molecule has 10 nitrogen and oxygen atoms in total. The number of anilines is 1. The van der Waals surface area contributed by atoms with Gasteiger partial charge in [-0.2, -0.15) is 0 Å². The molecule has 1 N–H and O–H groups in total. The number of hydrogen-bond donors (Lipinski definition) is 1. The number of amides is 1. The summed E-state index contributed by atoms with van der Waals surface area (Å²) in [5.74, 6) is -0.129. The van der Waals surface area contributed by atoms with Gasteiger partial charge in [-0.3, -0.25) is 9.10 Å². The number of hydrogen-bond acceptors (Lipinski definition) is 7. The van der Waals surface area contributed by atoms with E-state index in [2.05, 4.69) is 5.32 Å². The predicted molar refractivity (Wildman–Crippen MR) is 149 cm³/mol. The smallest absolute Gasteiger partial charge is 0.268 e. The first kappa shape index (κ1) is 30.2. The van der Waals surface area contributed by atoms with Crippen molar-refractivity contribution >= 4 is 43.2 Å². The molecule has 0 fully saturated rings. The number of aryl methyl sites for hydroxylation is 1. The highest BCUT2D eigenvalue weighted by molar-refractivity contribution is 7.93. The highest BCUT2D eigenvalue weighted by atomic mass is 35.5. The molecule has 3 aromatic rings. The lowest BCUT2D eigenvalue weighted by molar-refractivity contribution is -0.119. The predicted octanol–water partition coefficient (Wildman–Crippen LogP) is 3.43. The minimum atomic E-state index is -4.29. The van der Waals surface area contributed by atoms with Gasteiger partial charge in [-0.05, 0) is 60.5 Å². The van der Waals surface area contributed by atoms with Crippen LogP contribution in [0.25, 0.3) is 0 Å². The van der Waals surface area contributed by atoms with Crippen LogP contribution in [-0.2, 0) is 31.4 Å². The monoisotopic (exact) mass is 595 g/mol. The third-order valence-electron chi connectivity index (χ3n) is 5.79. The highest BCUT2D eigenvalue weighted by Crippen LogP contribution is 2.34. The van der Waals surface area contributed by atoms with Gasteiger partial charge >= 0.3 is 0 Å². The maximum absolute atomic E-state index is 13.9. The van der Waals surface area contributed by atoms with Gasteiger partial charge in [0.1, 0.15) is 22.9 Å². The van der Waals surface area contributed by atoms with Gasteiger partial charge in [0.15, 0.2) is 0 Å². The maximum Gasteiger partial charge on any atom is 0.268 e. The Hall–Kier alpha value is -3.32. The molecule has 0 heterocycles. The van der Waals surface area contributed by atoms with Crippen LogP contribution in [0.4, 0.5) is 5.69 Å². The number of benzene rings is 3. The van der Waals surface area contributed by atoms with Crippen LogP contribution in [0.3, 0.4) is 0 Å². The van der Waals surface area contributed by atoms with Crippen molar-refractivity contribution in [1.82, 2.24) is 9.62 Å². The molecule has 0 radical (unpaired) electrons. The number of methoxy groups -OCH3 is 2. The fourth-order valence-corrected chi connectivity index (χ4v) is 6.42. The first-order chi connectivity index (χ1) is 18.3. The molecule has 3 aromatic carbocycles. The SMILES string of the molecule is COc1ccc(N(CC(=O)NCc2ccc(S(=O)(=O)N(C)C)cc2)S(=O)(=O)c2cc(C)ccc2OC)cc1Cl. The lowest BCUT2D eigenvalue weighted by Gasteiger charge is -2.25. The van der Waals surface area contributed by atoms with Gasteiger partial charge in [0, 0.05) is 20.6 Å². The lowest BCUT2D eigenvalue weighted by atomic mass is 10.2. The molecular weight excluding hydrogens is 566 g/mol. The summed E-state index contributed by atoms with van der Waals surface area (Å²) in [6.07, 6.45) is 0. The summed E-state index contributed by atoms with van der Waals surface area (Å²) in [5.41, 5.74) is 1.47. The van der Waals surface area contributed by atoms with E-state index in [-0.39, 0.29) is 32.8 Å². The van der Waals surface area contributed by atoms with Crippen molar-refractivity contribution in [2.45, 2.75) is 23.3 Å². The molecule has 0 aliphatic carbocycles. The first-order valence-corrected chi connectivity index (χ1v) is 14.9. The number of rotatable bonds is 11. The fourth-order valence-electron chi connectivity index (χ4n) is 3.61. The maximum atomic E-state index is 13.9. The van der Waals surface area contributed by atoms with Crippen LogP contribution < -0.4 is 19.1 Å². The first-order valence-electron chi connectivity index (χ1n) is 11.6. The van der Waals surface area contributed by atoms with Crippen molar-refractivity contribution < 1.29 is 31.1 Å². The quantitative estimate of drug-likeness (QED) is 0.360. The Morgan fingerprint density at radius 2 is 1.49 bits per heavy atom. The second kappa shape index (κ2) is 12.2. The molecule has 3 rings (SSSR count). The van der Waals surface area contributed by atoms with Crippen LogP contribution in [0.1, 0.15) is 11.1 Å². The summed E-state index contributed by atoms with van der Waals surface area (Å²) < 4.78 is 64.8. The molecule has 39 heavy (non-hydrogen) atoms. The summed E-state index contributed by atoms with van der Waals surface area (Å²) >= 11 is 6.28. The molecule has 0 saturated heterocycles. The van der Waals surface area contributed by atoms with Gasteiger partial charge in [0.2, 0.25) is 15.9 Å². The Labute approximate surface area is 234 Å². The van der Waals surface area contributed by atoms with Crippen molar-refractivity contribution in [3.8, 4) is 11.5 Å². The summed E-state index contributed by atoms with van der Waals surface area (Å²) in [7, 11) is -2.21. The van der Waals surface area contributed by atoms with E-state index in [1.165, 1.54) is 64.7 Å². The van der Waals surface area contributed by atoms with E-state index in [9.17, 15) is 21.6 Å². The van der Waals surface area contributed by atoms with E-state index < -0.39 is 32.5 Å². The summed E-state index contributed by atoms with van der Waals surface area (Å²) in [6.45, 7) is 1.23. The Balaban J connectivity index is 1.90. The van der Waals surface area contributed by atoms with Crippen molar-refractivity contribution in [3.63, 3.8) is 0 Å². The third kappa shape index (κ3) is 6.82. The minimum Gasteiger partial charge on any atom is -0.495 e. The van der Waals surface area contributed by atoms with E-state index in [1.54, 1.807) is 31.2 Å². The zero-order valence-electron chi connectivity index (χ0n) is 22.1. The fraction of sp³-hybridized carbons (Fsp3) is 0.269. The standard InChI is InChI=1S/C26H30ClN3O7S2/c1-18-6-12-24(37-5)25(14-18)39(34,35)30(20-9-13-23(36-4)22(27)15-20)17-26(31)28-16-19-7-10-21(11-8-19)38(32,33)29(2)3/h6-15H,16-17H2,1-5H3,(H,28,31). The molecule has 210 valence electrons. The average Bonchev–Trinajstić information content (AvgIpc) is 2.90. The van der Waals surface area contributed by atoms with Crippen LogP contribution >= 0.6 is 11.6 Å². The summed E-state index contributed by atoms with van der Waals surface area (Å²) in [6, 6.07) is 15.2. The number of nitrogens with one attached hydrogen (secondary N) is 1. The molecular formula is C26H30ClN3O7S2. The zero-order chi connectivity index (χ0) is 29.0. The number of carbonyl (C=O) groups excluding carboxylic acids is 1. The lowest BCUT2D eigenvalue weighted by Crippen LogP contribution is -2.40. The van der Waals surface area contributed by atoms with E-state index in [0.717, 1.165) is 8.61 Å². The molecule has 0 aromatic heterocycles. The molecule has 0 bridgehead atoms. The van der Waals surface area contributed by atoms with Gasteiger partial charge in [-0.25, -0.2) is 21.1 Å². The van der Waals surface area contributed by atoms with Crippen LogP contribution in [0.15, 0.2) is 70.5 Å². The molecule has 0 atom stereocenters. The summed E-state index contributed by atoms with van der Waals surface area (Å²) in [4.78, 5) is 13.0. The second-order valence-electron chi connectivity index (χ2n) is 8.69. The summed E-state index contributed by atoms with van der Waals surface area (Å²) in [5, 5.41) is 2.85. The average molecular weight is 596 g/mol. The topological polar surface area (TPSA) is 122 Å². The third-order valence-corrected chi connectivity index (χ3v) is 9.71. The molecule has 0 aliphatic heterocycles. The number of sulfonamides is 2. The van der Waals surface area contributed by atoms with Crippen molar-refractivity contribution in [3.05, 3.63) is 76.8 Å². The van der Waals surface area contributed by atoms with Crippen LogP contribution in [0, 0.1) is 6.92 Å². The van der Waals surface area contributed by atoms with E-state index in [1.807, 2.05) is 0 Å². The number of halogens is 1. The Morgan fingerprint density at radius 3 is 2.05 bits per heavy atom. The van der Waals surface area contributed by atoms with Gasteiger partial charge in [-0.1, -0.05) is 29.8 Å². The van der Waals surface area contributed by atoms with Gasteiger partial charge in [-0.15, -0.1) is 0 Å². The molecule has 0 spiro atoms. The molecule has 0 aliphatic rings. The van der Waals surface area contributed by atoms with E-state index in [4.69, 9.17) is 21.1 Å². The van der Waals surface area contributed by atoms with Crippen LogP contribution in [0.2, 0.25) is 5.02 Å². The van der Waals surface area contributed by atoms with E-state index in [0.29, 0.717) is 16.9 Å². The minimum absolute atomic E-state index is 0.0478. The van der Waals surface area contributed by atoms with E-state index >= 15 is 0 Å². The number of carbonyl (C=O) groups is 1. The normalized spacial score (nSPS) is 11.8. The number of ether oxygens (including phenoxy) is 2. The molecule has 13 heteroatoms. The van der Waals surface area contributed by atoms with Crippen LogP contribution in [-0.4, -0.2) is 61.9 Å². The molecule has 1 amide bonds. The zero-order valence-corrected chi connectivity index (χ0v) is 24.5. The second-order valence-corrected chi connectivity index (χ2v) is 13.1. The highest BCUT2D eigenvalue weighted by Gasteiger charge is 2.31. The van der Waals surface area contributed by atoms with Crippen molar-refractivity contribution in [1.29, 1.82) is 0 Å². The molecule has 0 saturated carbocycles. The number of nitrogens with zero attached hydrogens (tertiary/aromatic N) is 2. The Morgan fingerprint density at radius 1 is 0.872 bits per heavy atom. The van der Waals surface area contributed by atoms with Gasteiger partial charge in [0.05, 0.1) is 29.8 Å². The Kier molecular flexibility index (Phi) is 9.49. The van der Waals surface area contributed by atoms with Crippen molar-refractivity contribution in [2.24, 2.45) is 0 Å². The van der Waals surface area contributed by atoms with Crippen LogP contribution in [0.5, 0.6) is 11.5 Å². The largest absolute Gasteiger partial charge is 0.495 e. The Bertz CT molecular complexity index is 1560. The van der Waals surface area contributed by atoms with Crippen molar-refractivity contribution in [2.75, 3.05) is 39.2 Å². The van der Waals surface area contributed by atoms with Gasteiger partial charge < -0.3 is 14.8 Å². The molecule has 0 unspecified atom stereocenters.